The Morgan fingerprint density at radius 1 is 1.05 bits per heavy atom. The number of imidazole rings is 1. The fourth-order valence-corrected chi connectivity index (χ4v) is 4.52. The summed E-state index contributed by atoms with van der Waals surface area (Å²) in [5.41, 5.74) is 2.00. The summed E-state index contributed by atoms with van der Waals surface area (Å²) in [6, 6.07) is 11.8. The highest BCUT2D eigenvalue weighted by Crippen LogP contribution is 2.42. The molecule has 1 atom stereocenters. The zero-order chi connectivity index (χ0) is 27.2. The van der Waals surface area contributed by atoms with Gasteiger partial charge < -0.3 is 29.6 Å². The van der Waals surface area contributed by atoms with Crippen molar-refractivity contribution in [3.63, 3.8) is 0 Å². The molecule has 3 N–H and O–H groups in total. The number of rotatable bonds is 11. The number of aromatic nitrogens is 4. The van der Waals surface area contributed by atoms with Crippen molar-refractivity contribution in [2.24, 2.45) is 0 Å². The molecule has 0 amide bonds. The van der Waals surface area contributed by atoms with Crippen LogP contribution in [0.4, 0.5) is 0 Å². The minimum atomic E-state index is -1.06. The van der Waals surface area contributed by atoms with Gasteiger partial charge in [0.05, 0.1) is 27.9 Å². The highest BCUT2D eigenvalue weighted by atomic mass is 35.5. The second kappa shape index (κ2) is 12.7. The van der Waals surface area contributed by atoms with Gasteiger partial charge >= 0.3 is 0 Å². The van der Waals surface area contributed by atoms with Crippen LogP contribution in [-0.2, 0) is 4.74 Å². The lowest BCUT2D eigenvalue weighted by molar-refractivity contribution is 0.0511. The number of nitrogens with zero attached hydrogens (tertiary/aromatic N) is 4. The molecule has 2 aromatic heterocycles. The highest BCUT2D eigenvalue weighted by molar-refractivity contribution is 7.98. The van der Waals surface area contributed by atoms with E-state index in [1.54, 1.807) is 30.5 Å². The van der Waals surface area contributed by atoms with Gasteiger partial charge in [0.15, 0.2) is 17.8 Å². The van der Waals surface area contributed by atoms with Crippen molar-refractivity contribution < 1.29 is 29.6 Å². The Balaban J connectivity index is 1.86. The van der Waals surface area contributed by atoms with Crippen molar-refractivity contribution in [2.45, 2.75) is 11.3 Å². The van der Waals surface area contributed by atoms with Gasteiger partial charge in [-0.3, -0.25) is 0 Å². The SMILES string of the molecule is COCOc1cccc(-c2nc(-c3c(Cl)cc(OCC(O)CO)cc3Cl)n(O)c2-c2ccnc(SC)n2)c1. The first-order chi connectivity index (χ1) is 18.4. The monoisotopic (exact) mass is 578 g/mol. The average molecular weight is 579 g/mol. The number of hydrogen-bond donors (Lipinski definition) is 3. The van der Waals surface area contributed by atoms with E-state index in [2.05, 4.69) is 9.97 Å². The molecule has 10 nitrogen and oxygen atoms in total. The lowest BCUT2D eigenvalue weighted by Gasteiger charge is -2.13. The predicted molar refractivity (Wildman–Crippen MR) is 144 cm³/mol. The summed E-state index contributed by atoms with van der Waals surface area (Å²) >= 11 is 14.5. The third kappa shape index (κ3) is 6.15. The van der Waals surface area contributed by atoms with E-state index in [1.807, 2.05) is 12.3 Å². The summed E-state index contributed by atoms with van der Waals surface area (Å²) in [7, 11) is 1.53. The van der Waals surface area contributed by atoms with Crippen LogP contribution < -0.4 is 9.47 Å². The minimum absolute atomic E-state index is 0.0635. The highest BCUT2D eigenvalue weighted by Gasteiger charge is 2.26. The van der Waals surface area contributed by atoms with Crippen LogP contribution in [0.1, 0.15) is 0 Å². The molecule has 0 aliphatic rings. The third-order valence-corrected chi connectivity index (χ3v) is 6.41. The van der Waals surface area contributed by atoms with E-state index in [9.17, 15) is 10.3 Å². The molecule has 0 aliphatic heterocycles. The number of aliphatic hydroxyl groups is 2. The standard InChI is InChI=1S/C25H24Cl2N4O6S/c1-35-13-37-16-5-3-4-14(8-16)22-23(20-6-7-28-25(29-20)38-2)31(34)24(30-22)21-18(26)9-17(10-19(21)27)36-12-15(33)11-32/h3-10,15,32-34H,11-13H2,1-2H3. The average Bonchev–Trinajstić information content (AvgIpc) is 3.26. The summed E-state index contributed by atoms with van der Waals surface area (Å²) < 4.78 is 16.9. The van der Waals surface area contributed by atoms with Gasteiger partial charge in [-0.15, -0.1) is 0 Å². The molecule has 0 aliphatic carbocycles. The van der Waals surface area contributed by atoms with Crippen molar-refractivity contribution in [1.82, 2.24) is 19.7 Å². The van der Waals surface area contributed by atoms with E-state index in [4.69, 9.17) is 47.5 Å². The van der Waals surface area contributed by atoms with E-state index in [-0.39, 0.29) is 40.6 Å². The molecule has 0 spiro atoms. The lowest BCUT2D eigenvalue weighted by Crippen LogP contribution is -2.21. The van der Waals surface area contributed by atoms with Crippen molar-refractivity contribution in [1.29, 1.82) is 0 Å². The van der Waals surface area contributed by atoms with Crippen molar-refractivity contribution in [3.8, 4) is 45.5 Å². The third-order valence-electron chi connectivity index (χ3n) is 5.26. The molecule has 2 heterocycles. The van der Waals surface area contributed by atoms with E-state index < -0.39 is 12.7 Å². The topological polar surface area (TPSA) is 132 Å². The largest absolute Gasteiger partial charge is 0.491 e. The molecular weight excluding hydrogens is 555 g/mol. The fraction of sp³-hybridized carbons (Fsp3) is 0.240. The van der Waals surface area contributed by atoms with Gasteiger partial charge in [-0.05, 0) is 36.6 Å². The zero-order valence-corrected chi connectivity index (χ0v) is 22.7. The van der Waals surface area contributed by atoms with Gasteiger partial charge in [0, 0.05) is 18.9 Å². The van der Waals surface area contributed by atoms with E-state index in [0.717, 1.165) is 4.73 Å². The molecule has 0 fully saturated rings. The fourth-order valence-electron chi connectivity index (χ4n) is 3.53. The van der Waals surface area contributed by atoms with Gasteiger partial charge in [0.25, 0.3) is 0 Å². The summed E-state index contributed by atoms with van der Waals surface area (Å²) in [6.07, 6.45) is 2.38. The normalized spacial score (nSPS) is 11.9. The zero-order valence-electron chi connectivity index (χ0n) is 20.3. The van der Waals surface area contributed by atoms with Crippen molar-refractivity contribution in [3.05, 3.63) is 58.7 Å². The quantitative estimate of drug-likeness (QED) is 0.0998. The number of hydrogen-bond acceptors (Lipinski definition) is 10. The molecule has 1 unspecified atom stereocenters. The first-order valence-electron chi connectivity index (χ1n) is 11.2. The maximum atomic E-state index is 11.4. The molecule has 38 heavy (non-hydrogen) atoms. The summed E-state index contributed by atoms with van der Waals surface area (Å²) in [4.78, 5) is 13.5. The number of ether oxygens (including phenoxy) is 3. The van der Waals surface area contributed by atoms with Crippen LogP contribution in [0, 0.1) is 0 Å². The Bertz CT molecular complexity index is 1400. The Morgan fingerprint density at radius 2 is 1.82 bits per heavy atom. The Labute approximate surface area is 232 Å². The molecule has 4 aromatic rings. The smallest absolute Gasteiger partial charge is 0.188 e. The molecule has 200 valence electrons. The number of thioether (sulfide) groups is 1. The Kier molecular flexibility index (Phi) is 9.31. The first-order valence-corrected chi connectivity index (χ1v) is 13.2. The van der Waals surface area contributed by atoms with Crippen LogP contribution in [-0.4, -0.2) is 74.6 Å². The van der Waals surface area contributed by atoms with Crippen LogP contribution >= 0.6 is 35.0 Å². The van der Waals surface area contributed by atoms with Gasteiger partial charge in [-0.25, -0.2) is 15.0 Å². The number of methoxy groups -OCH3 is 1. The molecule has 2 aromatic carbocycles. The number of halogens is 2. The molecule has 0 radical (unpaired) electrons. The number of aliphatic hydroxyl groups excluding tert-OH is 2. The molecule has 0 bridgehead atoms. The van der Waals surface area contributed by atoms with E-state index >= 15 is 0 Å². The minimum Gasteiger partial charge on any atom is -0.491 e. The van der Waals surface area contributed by atoms with Gasteiger partial charge in [0.2, 0.25) is 0 Å². The summed E-state index contributed by atoms with van der Waals surface area (Å²) in [6.45, 7) is -0.543. The van der Waals surface area contributed by atoms with Crippen LogP contribution in [0.3, 0.4) is 0 Å². The Morgan fingerprint density at radius 3 is 2.50 bits per heavy atom. The predicted octanol–water partition coefficient (Wildman–Crippen LogP) is 4.65. The van der Waals surface area contributed by atoms with Gasteiger partial charge in [-0.2, -0.15) is 4.73 Å². The lowest BCUT2D eigenvalue weighted by atomic mass is 10.1. The van der Waals surface area contributed by atoms with E-state index in [0.29, 0.717) is 33.6 Å². The second-order valence-corrected chi connectivity index (χ2v) is 9.45. The van der Waals surface area contributed by atoms with E-state index in [1.165, 1.54) is 31.0 Å². The summed E-state index contributed by atoms with van der Waals surface area (Å²) in [5, 5.41) is 30.8. The van der Waals surface area contributed by atoms with Crippen LogP contribution in [0.2, 0.25) is 10.0 Å². The van der Waals surface area contributed by atoms with Crippen LogP contribution in [0.25, 0.3) is 34.0 Å². The molecule has 4 rings (SSSR count). The molecule has 13 heteroatoms. The van der Waals surface area contributed by atoms with Gasteiger partial charge in [-0.1, -0.05) is 47.1 Å². The van der Waals surface area contributed by atoms with Crippen LogP contribution in [0.15, 0.2) is 53.8 Å². The number of benzene rings is 2. The maximum absolute atomic E-state index is 11.4. The molecule has 0 saturated heterocycles. The second-order valence-electron chi connectivity index (χ2n) is 7.86. The van der Waals surface area contributed by atoms with Crippen LogP contribution in [0.5, 0.6) is 11.5 Å². The maximum Gasteiger partial charge on any atom is 0.188 e. The van der Waals surface area contributed by atoms with Crippen molar-refractivity contribution in [2.75, 3.05) is 33.4 Å². The van der Waals surface area contributed by atoms with Gasteiger partial charge in [0.1, 0.15) is 35.6 Å². The van der Waals surface area contributed by atoms with Crippen molar-refractivity contribution >= 4 is 35.0 Å². The summed E-state index contributed by atoms with van der Waals surface area (Å²) in [5.74, 6) is 0.884. The first kappa shape index (κ1) is 28.0. The Hall–Kier alpha value is -3.06. The molecule has 0 saturated carbocycles. The molecular formula is C25H24Cl2N4O6S.